The molecule has 0 saturated heterocycles. The molecule has 0 atom stereocenters. The molecule has 1 aromatic heterocycles. The second-order valence-corrected chi connectivity index (χ2v) is 8.13. The quantitative estimate of drug-likeness (QED) is 0.749. The lowest BCUT2D eigenvalue weighted by Crippen LogP contribution is -2.36. The third-order valence-electron chi connectivity index (χ3n) is 2.98. The third-order valence-corrected chi connectivity index (χ3v) is 4.76. The third kappa shape index (κ3) is 5.41. The van der Waals surface area contributed by atoms with Gasteiger partial charge < -0.3 is 5.73 Å². The van der Waals surface area contributed by atoms with Crippen LogP contribution in [0.3, 0.4) is 0 Å². The van der Waals surface area contributed by atoms with E-state index >= 15 is 0 Å². The van der Waals surface area contributed by atoms with Gasteiger partial charge in [-0.1, -0.05) is 27.7 Å². The first kappa shape index (κ1) is 18.1. The smallest absolute Gasteiger partial charge is 0.246 e. The van der Waals surface area contributed by atoms with Gasteiger partial charge in [0.2, 0.25) is 10.0 Å². The number of rotatable bonds is 9. The summed E-state index contributed by atoms with van der Waals surface area (Å²) in [5.74, 6) is 0.566. The fourth-order valence-electron chi connectivity index (χ4n) is 2.09. The maximum absolute atomic E-state index is 12.7. The molecule has 7 heteroatoms. The summed E-state index contributed by atoms with van der Waals surface area (Å²) in [4.78, 5) is 0.265. The lowest BCUT2D eigenvalue weighted by Gasteiger charge is -2.24. The molecule has 0 aliphatic carbocycles. The Morgan fingerprint density at radius 2 is 1.81 bits per heavy atom. The maximum atomic E-state index is 12.7. The lowest BCUT2D eigenvalue weighted by molar-refractivity contribution is 0.333. The zero-order valence-corrected chi connectivity index (χ0v) is 14.3. The Bertz CT molecular complexity index is 513. The van der Waals surface area contributed by atoms with Gasteiger partial charge in [-0.25, -0.2) is 8.42 Å². The summed E-state index contributed by atoms with van der Waals surface area (Å²) >= 11 is 0. The van der Waals surface area contributed by atoms with Crippen LogP contribution in [0, 0.1) is 11.8 Å². The van der Waals surface area contributed by atoms with Crippen molar-refractivity contribution >= 4 is 10.0 Å². The molecule has 0 unspecified atom stereocenters. The molecule has 0 bridgehead atoms. The van der Waals surface area contributed by atoms with E-state index in [0.717, 1.165) is 6.42 Å². The minimum Gasteiger partial charge on any atom is -0.330 e. The van der Waals surface area contributed by atoms with Crippen LogP contribution >= 0.6 is 0 Å². The predicted molar refractivity (Wildman–Crippen MR) is 84.3 cm³/mol. The van der Waals surface area contributed by atoms with Crippen molar-refractivity contribution < 1.29 is 8.42 Å². The SMILES string of the molecule is CC(C)CN(CC(C)C)S(=O)(=O)c1cnn(CCCN)c1. The molecule has 0 aromatic carbocycles. The van der Waals surface area contributed by atoms with Crippen molar-refractivity contribution in [3.05, 3.63) is 12.4 Å². The first-order valence-corrected chi connectivity index (χ1v) is 8.94. The minimum atomic E-state index is -3.48. The van der Waals surface area contributed by atoms with Gasteiger partial charge in [-0.15, -0.1) is 0 Å². The Balaban J connectivity index is 2.96. The highest BCUT2D eigenvalue weighted by Gasteiger charge is 2.27. The minimum absolute atomic E-state index is 0.265. The molecule has 0 amide bonds. The van der Waals surface area contributed by atoms with Crippen LogP contribution in [0.5, 0.6) is 0 Å². The van der Waals surface area contributed by atoms with Crippen molar-refractivity contribution in [2.45, 2.75) is 45.6 Å². The molecule has 1 aromatic rings. The zero-order chi connectivity index (χ0) is 16.0. The number of nitrogens with two attached hydrogens (primary N) is 1. The first-order chi connectivity index (χ1) is 9.77. The van der Waals surface area contributed by atoms with Crippen molar-refractivity contribution in [1.82, 2.24) is 14.1 Å². The topological polar surface area (TPSA) is 81.2 Å². The lowest BCUT2D eigenvalue weighted by atomic mass is 10.2. The number of sulfonamides is 1. The van der Waals surface area contributed by atoms with Gasteiger partial charge in [0, 0.05) is 25.8 Å². The van der Waals surface area contributed by atoms with E-state index in [-0.39, 0.29) is 16.7 Å². The molecule has 6 nitrogen and oxygen atoms in total. The Kier molecular flexibility index (Phi) is 6.83. The highest BCUT2D eigenvalue weighted by Crippen LogP contribution is 2.18. The monoisotopic (exact) mass is 316 g/mol. The number of nitrogens with zero attached hydrogens (tertiary/aromatic N) is 3. The molecule has 1 heterocycles. The predicted octanol–water partition coefficient (Wildman–Crippen LogP) is 1.53. The number of aryl methyl sites for hydroxylation is 1. The van der Waals surface area contributed by atoms with Gasteiger partial charge in [0.1, 0.15) is 4.90 Å². The molecular formula is C14H28N4O2S. The fourth-order valence-corrected chi connectivity index (χ4v) is 3.81. The Morgan fingerprint density at radius 1 is 1.24 bits per heavy atom. The number of aromatic nitrogens is 2. The fraction of sp³-hybridized carbons (Fsp3) is 0.786. The van der Waals surface area contributed by atoms with Crippen LogP contribution in [0.2, 0.25) is 0 Å². The Morgan fingerprint density at radius 3 is 2.29 bits per heavy atom. The molecule has 0 aliphatic heterocycles. The molecule has 21 heavy (non-hydrogen) atoms. The van der Waals surface area contributed by atoms with Gasteiger partial charge in [0.05, 0.1) is 6.20 Å². The molecule has 0 fully saturated rings. The Labute approximate surface area is 128 Å². The van der Waals surface area contributed by atoms with E-state index in [4.69, 9.17) is 5.73 Å². The molecule has 0 radical (unpaired) electrons. The average molecular weight is 316 g/mol. The molecular weight excluding hydrogens is 288 g/mol. The first-order valence-electron chi connectivity index (χ1n) is 7.50. The normalized spacial score (nSPS) is 12.8. The van der Waals surface area contributed by atoms with Crippen LogP contribution in [0.4, 0.5) is 0 Å². The molecule has 2 N–H and O–H groups in total. The van der Waals surface area contributed by atoms with E-state index < -0.39 is 10.0 Å². The van der Waals surface area contributed by atoms with Crippen LogP contribution in [-0.2, 0) is 16.6 Å². The van der Waals surface area contributed by atoms with Crippen LogP contribution in [0.15, 0.2) is 17.3 Å². The van der Waals surface area contributed by atoms with Gasteiger partial charge in [0.15, 0.2) is 0 Å². The summed E-state index contributed by atoms with van der Waals surface area (Å²) in [5, 5.41) is 4.12. The van der Waals surface area contributed by atoms with Crippen LogP contribution in [0.25, 0.3) is 0 Å². The van der Waals surface area contributed by atoms with Crippen LogP contribution < -0.4 is 5.73 Å². The second kappa shape index (κ2) is 7.91. The van der Waals surface area contributed by atoms with E-state index in [1.807, 2.05) is 27.7 Å². The van der Waals surface area contributed by atoms with E-state index in [0.29, 0.717) is 26.2 Å². The van der Waals surface area contributed by atoms with Crippen molar-refractivity contribution in [1.29, 1.82) is 0 Å². The van der Waals surface area contributed by atoms with Gasteiger partial charge in [-0.05, 0) is 24.8 Å². The summed E-state index contributed by atoms with van der Waals surface area (Å²) < 4.78 is 28.7. The summed E-state index contributed by atoms with van der Waals surface area (Å²) in [6.45, 7) is 10.3. The summed E-state index contributed by atoms with van der Waals surface area (Å²) in [6, 6.07) is 0. The second-order valence-electron chi connectivity index (χ2n) is 6.19. The molecule has 1 rings (SSSR count). The standard InChI is InChI=1S/C14H28N4O2S/c1-12(2)9-18(10-13(3)4)21(19,20)14-8-16-17(11-14)7-5-6-15/h8,11-13H,5-7,9-10,15H2,1-4H3. The van der Waals surface area contributed by atoms with E-state index in [1.54, 1.807) is 15.2 Å². The van der Waals surface area contributed by atoms with Gasteiger partial charge >= 0.3 is 0 Å². The average Bonchev–Trinajstić information content (AvgIpc) is 2.83. The maximum Gasteiger partial charge on any atom is 0.246 e. The van der Waals surface area contributed by atoms with E-state index in [9.17, 15) is 8.42 Å². The largest absolute Gasteiger partial charge is 0.330 e. The Hall–Kier alpha value is -0.920. The van der Waals surface area contributed by atoms with Crippen LogP contribution in [-0.4, -0.2) is 42.1 Å². The number of hydrogen-bond acceptors (Lipinski definition) is 4. The number of hydrogen-bond donors (Lipinski definition) is 1. The highest BCUT2D eigenvalue weighted by molar-refractivity contribution is 7.89. The van der Waals surface area contributed by atoms with Crippen molar-refractivity contribution in [2.75, 3.05) is 19.6 Å². The van der Waals surface area contributed by atoms with Crippen molar-refractivity contribution in [2.24, 2.45) is 17.6 Å². The highest BCUT2D eigenvalue weighted by atomic mass is 32.2. The van der Waals surface area contributed by atoms with Gasteiger partial charge in [-0.3, -0.25) is 4.68 Å². The van der Waals surface area contributed by atoms with Crippen molar-refractivity contribution in [3.8, 4) is 0 Å². The van der Waals surface area contributed by atoms with E-state index in [1.165, 1.54) is 6.20 Å². The van der Waals surface area contributed by atoms with Crippen molar-refractivity contribution in [3.63, 3.8) is 0 Å². The van der Waals surface area contributed by atoms with E-state index in [2.05, 4.69) is 5.10 Å². The van der Waals surface area contributed by atoms with Crippen LogP contribution in [0.1, 0.15) is 34.1 Å². The van der Waals surface area contributed by atoms with Gasteiger partial charge in [-0.2, -0.15) is 9.40 Å². The molecule has 122 valence electrons. The van der Waals surface area contributed by atoms with Gasteiger partial charge in [0.25, 0.3) is 0 Å². The molecule has 0 aliphatic rings. The summed E-state index contributed by atoms with van der Waals surface area (Å²) in [6.07, 6.45) is 3.81. The summed E-state index contributed by atoms with van der Waals surface area (Å²) in [5.41, 5.74) is 5.46. The molecule has 0 spiro atoms. The zero-order valence-electron chi connectivity index (χ0n) is 13.5. The molecule has 0 saturated carbocycles. The summed E-state index contributed by atoms with van der Waals surface area (Å²) in [7, 11) is -3.48.